The second-order valence-corrected chi connectivity index (χ2v) is 9.44. The zero-order valence-electron chi connectivity index (χ0n) is 21.1. The van der Waals surface area contributed by atoms with Crippen molar-refractivity contribution in [2.45, 2.75) is 53.1 Å². The topological polar surface area (TPSA) is 121 Å². The van der Waals surface area contributed by atoms with E-state index in [2.05, 4.69) is 19.9 Å². The molecule has 8 nitrogen and oxygen atoms in total. The first kappa shape index (κ1) is 29.0. The number of rotatable bonds is 10. The fraction of sp³-hybridized carbons (Fsp3) is 0.407. The van der Waals surface area contributed by atoms with Gasteiger partial charge in [-0.2, -0.15) is 0 Å². The first-order valence-electron chi connectivity index (χ1n) is 11.6. The molecule has 2 unspecified atom stereocenters. The van der Waals surface area contributed by atoms with Crippen molar-refractivity contribution < 1.29 is 34.1 Å². The molecular weight excluding hydrogens is 486 g/mol. The molecule has 0 aromatic rings. The summed E-state index contributed by atoms with van der Waals surface area (Å²) < 4.78 is 5.25. The predicted molar refractivity (Wildman–Crippen MR) is 136 cm³/mol. The number of hydrogen-bond donors (Lipinski definition) is 2. The summed E-state index contributed by atoms with van der Waals surface area (Å²) in [6.07, 6.45) is 10.5. The largest absolute Gasteiger partial charge is 0.481 e. The molecule has 1 heterocycles. The van der Waals surface area contributed by atoms with Crippen LogP contribution in [0, 0.1) is 5.92 Å². The van der Waals surface area contributed by atoms with E-state index >= 15 is 0 Å². The normalized spacial score (nSPS) is 21.9. The summed E-state index contributed by atoms with van der Waals surface area (Å²) in [5, 5.41) is 18.2. The lowest BCUT2D eigenvalue weighted by atomic mass is 9.79. The average molecular weight is 518 g/mol. The van der Waals surface area contributed by atoms with Crippen molar-refractivity contribution in [1.29, 1.82) is 0 Å². The zero-order valence-corrected chi connectivity index (χ0v) is 21.9. The highest BCUT2D eigenvalue weighted by molar-refractivity contribution is 6.49. The molecule has 2 atom stereocenters. The molecule has 2 aliphatic rings. The lowest BCUT2D eigenvalue weighted by Gasteiger charge is -2.35. The number of nitrogens with zero attached hydrogens (tertiary/aromatic N) is 1. The Morgan fingerprint density at radius 1 is 1.25 bits per heavy atom. The van der Waals surface area contributed by atoms with Gasteiger partial charge in [0.15, 0.2) is 0 Å². The third-order valence-electron chi connectivity index (χ3n) is 5.89. The van der Waals surface area contributed by atoms with Crippen molar-refractivity contribution in [3.63, 3.8) is 0 Å². The van der Waals surface area contributed by atoms with Gasteiger partial charge in [-0.05, 0) is 38.8 Å². The van der Waals surface area contributed by atoms with Crippen LogP contribution < -0.4 is 0 Å². The second-order valence-electron chi connectivity index (χ2n) is 9.06. The summed E-state index contributed by atoms with van der Waals surface area (Å²) in [5.41, 5.74) is -0.103. The Morgan fingerprint density at radius 2 is 1.92 bits per heavy atom. The van der Waals surface area contributed by atoms with E-state index in [0.717, 1.165) is 25.0 Å². The number of halogens is 1. The molecule has 9 heteroatoms. The van der Waals surface area contributed by atoms with E-state index in [1.165, 1.54) is 13.1 Å². The number of aliphatic hydroxyl groups is 1. The highest BCUT2D eigenvalue weighted by Gasteiger charge is 2.52. The van der Waals surface area contributed by atoms with Crippen LogP contribution in [-0.4, -0.2) is 57.4 Å². The van der Waals surface area contributed by atoms with Crippen LogP contribution in [0.1, 0.15) is 47.5 Å². The quantitative estimate of drug-likeness (QED) is 0.193. The lowest BCUT2D eigenvalue weighted by Crippen LogP contribution is -2.52. The van der Waals surface area contributed by atoms with Crippen LogP contribution >= 0.6 is 11.6 Å². The van der Waals surface area contributed by atoms with Gasteiger partial charge < -0.3 is 19.8 Å². The number of fused-ring (bicyclic) bond motifs is 1. The number of hydrogen-bond acceptors (Lipinski definition) is 7. The minimum Gasteiger partial charge on any atom is -0.481 e. The van der Waals surface area contributed by atoms with Crippen molar-refractivity contribution in [2.75, 3.05) is 13.2 Å². The molecule has 2 N–H and O–H groups in total. The predicted octanol–water partition coefficient (Wildman–Crippen LogP) is 3.98. The number of carboxylic acid groups (broad SMARTS) is 1. The Bertz CT molecular complexity index is 1140. The van der Waals surface area contributed by atoms with Crippen LogP contribution in [0.25, 0.3) is 0 Å². The van der Waals surface area contributed by atoms with E-state index in [9.17, 15) is 24.3 Å². The zero-order chi connectivity index (χ0) is 27.2. The summed E-state index contributed by atoms with van der Waals surface area (Å²) in [7, 11) is 0. The first-order chi connectivity index (χ1) is 16.8. The van der Waals surface area contributed by atoms with E-state index in [1.807, 2.05) is 19.1 Å². The van der Waals surface area contributed by atoms with E-state index < -0.39 is 35.5 Å². The SMILES string of the molecule is CCC(C)C=C(C)C=CC1=CC2=C(Cl)C(=O)C(C)(OC(=O)C=C(C)CC(=O)O)C(=O)C2=CN1CCO. The standard InChI is InChI=1S/C27H32ClNO7/c1-6-16(2)11-17(3)7-8-19-14-20-21(15-29(19)9-10-30)25(34)27(5,26(35)24(20)28)36-23(33)13-18(4)12-22(31)32/h7-8,11,13-16,30H,6,9-10,12H2,1-5H3,(H,31,32). The summed E-state index contributed by atoms with van der Waals surface area (Å²) >= 11 is 6.39. The van der Waals surface area contributed by atoms with Gasteiger partial charge in [0.05, 0.1) is 18.1 Å². The van der Waals surface area contributed by atoms with E-state index in [0.29, 0.717) is 11.6 Å². The molecular formula is C27H32ClNO7. The van der Waals surface area contributed by atoms with Gasteiger partial charge in [0.25, 0.3) is 0 Å². The second kappa shape index (κ2) is 12.1. The Morgan fingerprint density at radius 3 is 2.50 bits per heavy atom. The van der Waals surface area contributed by atoms with Gasteiger partial charge >= 0.3 is 11.9 Å². The number of Topliss-reactive ketones (excluding diaryl/α,β-unsaturated/α-hetero) is 2. The van der Waals surface area contributed by atoms with Crippen molar-refractivity contribution in [2.24, 2.45) is 5.92 Å². The van der Waals surface area contributed by atoms with Crippen LogP contribution in [0.4, 0.5) is 0 Å². The van der Waals surface area contributed by atoms with Gasteiger partial charge in [-0.25, -0.2) is 4.79 Å². The van der Waals surface area contributed by atoms with E-state index in [4.69, 9.17) is 21.4 Å². The maximum absolute atomic E-state index is 13.4. The third kappa shape index (κ3) is 6.71. The average Bonchev–Trinajstić information content (AvgIpc) is 2.79. The molecule has 0 amide bonds. The number of aliphatic hydroxyl groups excluding tert-OH is 1. The Kier molecular flexibility index (Phi) is 9.78. The number of ether oxygens (including phenoxy) is 1. The molecule has 0 aromatic heterocycles. The highest BCUT2D eigenvalue weighted by atomic mass is 35.5. The van der Waals surface area contributed by atoms with Gasteiger partial charge in [-0.1, -0.05) is 55.2 Å². The molecule has 0 spiro atoms. The summed E-state index contributed by atoms with van der Waals surface area (Å²) in [4.78, 5) is 51.4. The molecule has 36 heavy (non-hydrogen) atoms. The molecule has 0 bridgehead atoms. The van der Waals surface area contributed by atoms with Gasteiger partial charge in [0.1, 0.15) is 0 Å². The van der Waals surface area contributed by atoms with E-state index in [1.54, 1.807) is 11.0 Å². The Balaban J connectivity index is 2.46. The van der Waals surface area contributed by atoms with Gasteiger partial charge in [-0.15, -0.1) is 0 Å². The molecule has 0 radical (unpaired) electrons. The lowest BCUT2D eigenvalue weighted by molar-refractivity contribution is -0.165. The maximum atomic E-state index is 13.4. The van der Waals surface area contributed by atoms with Gasteiger partial charge in [-0.3, -0.25) is 14.4 Å². The molecule has 1 aliphatic carbocycles. The molecule has 0 fully saturated rings. The number of carbonyl (C=O) groups excluding carboxylic acids is 3. The van der Waals surface area contributed by atoms with Crippen molar-refractivity contribution in [3.8, 4) is 0 Å². The highest BCUT2D eigenvalue weighted by Crippen LogP contribution is 2.39. The van der Waals surface area contributed by atoms with Crippen LogP contribution in [-0.2, 0) is 23.9 Å². The van der Waals surface area contributed by atoms with Crippen LogP contribution in [0.2, 0.25) is 0 Å². The number of allylic oxidation sites excluding steroid dienone is 6. The molecule has 2 rings (SSSR count). The summed E-state index contributed by atoms with van der Waals surface area (Å²) in [5.74, 6) is -3.40. The number of carboxylic acids is 1. The first-order valence-corrected chi connectivity index (χ1v) is 12.0. The molecule has 0 saturated carbocycles. The minimum absolute atomic E-state index is 0.0682. The summed E-state index contributed by atoms with van der Waals surface area (Å²) in [6.45, 7) is 8.74. The minimum atomic E-state index is -2.22. The fourth-order valence-corrected chi connectivity index (χ4v) is 4.10. The number of esters is 1. The van der Waals surface area contributed by atoms with Crippen molar-refractivity contribution in [3.05, 3.63) is 69.6 Å². The number of ketones is 2. The van der Waals surface area contributed by atoms with Crippen LogP contribution in [0.3, 0.4) is 0 Å². The third-order valence-corrected chi connectivity index (χ3v) is 6.27. The number of aliphatic carboxylic acids is 1. The van der Waals surface area contributed by atoms with Crippen LogP contribution in [0.5, 0.6) is 0 Å². The molecule has 194 valence electrons. The van der Waals surface area contributed by atoms with E-state index in [-0.39, 0.29) is 34.9 Å². The Labute approximate surface area is 215 Å². The maximum Gasteiger partial charge on any atom is 0.332 e. The van der Waals surface area contributed by atoms with Crippen molar-refractivity contribution in [1.82, 2.24) is 4.90 Å². The van der Waals surface area contributed by atoms with Gasteiger partial charge in [0, 0.05) is 35.7 Å². The fourth-order valence-electron chi connectivity index (χ4n) is 3.76. The molecule has 0 saturated heterocycles. The number of carbonyl (C=O) groups is 4. The molecule has 1 aliphatic heterocycles. The summed E-state index contributed by atoms with van der Waals surface area (Å²) in [6, 6.07) is 0. The molecule has 0 aromatic carbocycles. The number of β-amino-alcohol motifs (C(OH)–C–C–N with tert-alkyl or cyclic N) is 1. The van der Waals surface area contributed by atoms with Gasteiger partial charge in [0.2, 0.25) is 17.2 Å². The van der Waals surface area contributed by atoms with Crippen molar-refractivity contribution >= 4 is 35.1 Å². The monoisotopic (exact) mass is 517 g/mol. The Hall–Kier alpha value is -3.23. The van der Waals surface area contributed by atoms with Crippen LogP contribution in [0.15, 0.2) is 69.6 Å². The smallest absolute Gasteiger partial charge is 0.332 e.